The summed E-state index contributed by atoms with van der Waals surface area (Å²) in [5.41, 5.74) is 5.24. The van der Waals surface area contributed by atoms with Gasteiger partial charge in [-0.05, 0) is 57.6 Å². The summed E-state index contributed by atoms with van der Waals surface area (Å²) in [6.07, 6.45) is 5.16. The van der Waals surface area contributed by atoms with E-state index in [0.29, 0.717) is 10.8 Å². The average molecular weight is 273 g/mol. The molecule has 0 unspecified atom stereocenters. The van der Waals surface area contributed by atoms with Gasteiger partial charge in [-0.15, -0.1) is 0 Å². The van der Waals surface area contributed by atoms with Crippen LogP contribution >= 0.6 is 0 Å². The molecule has 0 aromatic heterocycles. The molecule has 1 heterocycles. The number of hydrogen-bond acceptors (Lipinski definition) is 2. The van der Waals surface area contributed by atoms with Crippen molar-refractivity contribution in [3.05, 3.63) is 34.9 Å². The summed E-state index contributed by atoms with van der Waals surface area (Å²) >= 11 is 0. The number of benzene rings is 1. The molecule has 0 amide bonds. The lowest BCUT2D eigenvalue weighted by Gasteiger charge is -2.58. The SMILES string of the molecule is CNCC1(c2cc(C)cc(C)c2)CC2(CCOCC2)C1. The van der Waals surface area contributed by atoms with Gasteiger partial charge in [-0.25, -0.2) is 0 Å². The van der Waals surface area contributed by atoms with E-state index < -0.39 is 0 Å². The number of likely N-dealkylation sites (N-methyl/N-ethyl adjacent to an activating group) is 1. The zero-order valence-electron chi connectivity index (χ0n) is 13.1. The van der Waals surface area contributed by atoms with Gasteiger partial charge >= 0.3 is 0 Å². The maximum absolute atomic E-state index is 5.56. The molecule has 2 fully saturated rings. The molecule has 1 aromatic rings. The van der Waals surface area contributed by atoms with Crippen molar-refractivity contribution in [3.63, 3.8) is 0 Å². The number of ether oxygens (including phenoxy) is 1. The lowest BCUT2D eigenvalue weighted by Crippen LogP contribution is -2.56. The zero-order chi connectivity index (χ0) is 14.2. The predicted octanol–water partition coefficient (Wildman–Crippen LogP) is 3.35. The van der Waals surface area contributed by atoms with E-state index in [1.807, 2.05) is 0 Å². The molecular weight excluding hydrogens is 246 g/mol. The van der Waals surface area contributed by atoms with Crippen LogP contribution in [0.2, 0.25) is 0 Å². The van der Waals surface area contributed by atoms with E-state index in [1.54, 1.807) is 5.56 Å². The number of nitrogens with one attached hydrogen (secondary N) is 1. The molecule has 2 heteroatoms. The van der Waals surface area contributed by atoms with Gasteiger partial charge in [-0.3, -0.25) is 0 Å². The Balaban J connectivity index is 1.86. The van der Waals surface area contributed by atoms with Crippen LogP contribution in [-0.4, -0.2) is 26.8 Å². The molecule has 1 N–H and O–H groups in total. The summed E-state index contributed by atoms with van der Waals surface area (Å²) in [4.78, 5) is 0. The van der Waals surface area contributed by atoms with Gasteiger partial charge in [0.1, 0.15) is 0 Å². The summed E-state index contributed by atoms with van der Waals surface area (Å²) in [6, 6.07) is 7.08. The first-order valence-corrected chi connectivity index (χ1v) is 7.89. The maximum atomic E-state index is 5.56. The monoisotopic (exact) mass is 273 g/mol. The number of hydrogen-bond donors (Lipinski definition) is 1. The first-order valence-electron chi connectivity index (χ1n) is 7.89. The normalized spacial score (nSPS) is 23.6. The molecule has 2 aliphatic rings. The molecule has 110 valence electrons. The topological polar surface area (TPSA) is 21.3 Å². The highest BCUT2D eigenvalue weighted by Gasteiger charge is 2.54. The first-order chi connectivity index (χ1) is 9.57. The lowest BCUT2D eigenvalue weighted by molar-refractivity contribution is -0.0732. The van der Waals surface area contributed by atoms with E-state index in [-0.39, 0.29) is 0 Å². The Hall–Kier alpha value is -0.860. The van der Waals surface area contributed by atoms with Crippen molar-refractivity contribution in [1.82, 2.24) is 5.32 Å². The van der Waals surface area contributed by atoms with Crippen LogP contribution in [0.25, 0.3) is 0 Å². The summed E-state index contributed by atoms with van der Waals surface area (Å²) in [5.74, 6) is 0. The van der Waals surface area contributed by atoms with Crippen LogP contribution in [0.4, 0.5) is 0 Å². The third-order valence-electron chi connectivity index (χ3n) is 5.33. The van der Waals surface area contributed by atoms with Gasteiger partial charge in [0.25, 0.3) is 0 Å². The second-order valence-electron chi connectivity index (χ2n) is 7.15. The summed E-state index contributed by atoms with van der Waals surface area (Å²) in [5, 5.41) is 3.44. The Kier molecular flexibility index (Phi) is 3.64. The van der Waals surface area contributed by atoms with Crippen LogP contribution < -0.4 is 5.32 Å². The largest absolute Gasteiger partial charge is 0.381 e. The quantitative estimate of drug-likeness (QED) is 0.912. The summed E-state index contributed by atoms with van der Waals surface area (Å²) in [7, 11) is 2.08. The van der Waals surface area contributed by atoms with Gasteiger partial charge in [0, 0.05) is 25.2 Å². The van der Waals surface area contributed by atoms with E-state index in [0.717, 1.165) is 19.8 Å². The van der Waals surface area contributed by atoms with Crippen LogP contribution in [0.15, 0.2) is 18.2 Å². The smallest absolute Gasteiger partial charge is 0.0471 e. The zero-order valence-corrected chi connectivity index (χ0v) is 13.1. The maximum Gasteiger partial charge on any atom is 0.0471 e. The number of rotatable bonds is 3. The summed E-state index contributed by atoms with van der Waals surface area (Å²) in [6.45, 7) is 7.45. The van der Waals surface area contributed by atoms with Crippen molar-refractivity contribution in [2.45, 2.75) is 44.9 Å². The van der Waals surface area contributed by atoms with Gasteiger partial charge in [0.15, 0.2) is 0 Å². The second kappa shape index (κ2) is 5.16. The van der Waals surface area contributed by atoms with E-state index in [2.05, 4.69) is 44.4 Å². The molecule has 1 saturated carbocycles. The Morgan fingerprint density at radius 1 is 1.05 bits per heavy atom. The molecule has 1 aromatic carbocycles. The van der Waals surface area contributed by atoms with Crippen LogP contribution in [-0.2, 0) is 10.2 Å². The molecule has 1 spiro atoms. The van der Waals surface area contributed by atoms with Gasteiger partial charge in [-0.1, -0.05) is 29.3 Å². The molecule has 2 nitrogen and oxygen atoms in total. The van der Waals surface area contributed by atoms with Crippen LogP contribution in [0.5, 0.6) is 0 Å². The van der Waals surface area contributed by atoms with E-state index in [4.69, 9.17) is 4.74 Å². The molecule has 1 aliphatic carbocycles. The van der Waals surface area contributed by atoms with E-state index in [1.165, 1.54) is 36.8 Å². The third-order valence-corrected chi connectivity index (χ3v) is 5.33. The Labute approximate surface area is 122 Å². The fourth-order valence-electron chi connectivity index (χ4n) is 4.59. The molecule has 0 atom stereocenters. The van der Waals surface area contributed by atoms with Crippen LogP contribution in [0, 0.1) is 19.3 Å². The van der Waals surface area contributed by atoms with E-state index >= 15 is 0 Å². The van der Waals surface area contributed by atoms with Crippen molar-refractivity contribution in [1.29, 1.82) is 0 Å². The third kappa shape index (κ3) is 2.40. The molecule has 0 radical (unpaired) electrons. The average Bonchev–Trinajstić information content (AvgIpc) is 2.37. The fourth-order valence-corrected chi connectivity index (χ4v) is 4.59. The van der Waals surface area contributed by atoms with Crippen LogP contribution in [0.3, 0.4) is 0 Å². The highest BCUT2D eigenvalue weighted by Crippen LogP contribution is 2.60. The minimum atomic E-state index is 0.350. The van der Waals surface area contributed by atoms with Crippen molar-refractivity contribution >= 4 is 0 Å². The van der Waals surface area contributed by atoms with Gasteiger partial charge in [0.2, 0.25) is 0 Å². The fraction of sp³-hybridized carbons (Fsp3) is 0.667. The van der Waals surface area contributed by atoms with Crippen LogP contribution in [0.1, 0.15) is 42.4 Å². The molecular formula is C18H27NO. The van der Waals surface area contributed by atoms with Crippen molar-refractivity contribution < 1.29 is 4.74 Å². The highest BCUT2D eigenvalue weighted by molar-refractivity contribution is 5.37. The molecule has 0 bridgehead atoms. The Bertz CT molecular complexity index is 460. The highest BCUT2D eigenvalue weighted by atomic mass is 16.5. The van der Waals surface area contributed by atoms with Gasteiger partial charge in [-0.2, -0.15) is 0 Å². The molecule has 3 rings (SSSR count). The van der Waals surface area contributed by atoms with Crippen molar-refractivity contribution in [2.24, 2.45) is 5.41 Å². The Morgan fingerprint density at radius 3 is 2.20 bits per heavy atom. The van der Waals surface area contributed by atoms with Crippen molar-refractivity contribution in [2.75, 3.05) is 26.8 Å². The number of aryl methyl sites for hydroxylation is 2. The van der Waals surface area contributed by atoms with Crippen molar-refractivity contribution in [3.8, 4) is 0 Å². The minimum Gasteiger partial charge on any atom is -0.381 e. The molecule has 20 heavy (non-hydrogen) atoms. The molecule has 1 saturated heterocycles. The predicted molar refractivity (Wildman–Crippen MR) is 83.2 cm³/mol. The standard InChI is InChI=1S/C18H27NO/c1-14-8-15(2)10-16(9-14)18(13-19-3)11-17(12-18)4-6-20-7-5-17/h8-10,19H,4-7,11-13H2,1-3H3. The van der Waals surface area contributed by atoms with E-state index in [9.17, 15) is 0 Å². The molecule has 1 aliphatic heterocycles. The second-order valence-corrected chi connectivity index (χ2v) is 7.15. The minimum absolute atomic E-state index is 0.350. The van der Waals surface area contributed by atoms with Gasteiger partial charge in [0.05, 0.1) is 0 Å². The first kappa shape index (κ1) is 14.1. The lowest BCUT2D eigenvalue weighted by atomic mass is 9.48. The van der Waals surface area contributed by atoms with Gasteiger partial charge < -0.3 is 10.1 Å². The Morgan fingerprint density at radius 2 is 1.65 bits per heavy atom. The summed E-state index contributed by atoms with van der Waals surface area (Å²) < 4.78 is 5.56.